The molecule has 1 unspecified atom stereocenters. The van der Waals surface area contributed by atoms with E-state index < -0.39 is 5.97 Å². The van der Waals surface area contributed by atoms with E-state index in [0.717, 1.165) is 29.4 Å². The second kappa shape index (κ2) is 7.61. The minimum Gasteiger partial charge on any atom is -0.478 e. The smallest absolute Gasteiger partial charge is 0.328 e. The topological polar surface area (TPSA) is 42.2 Å². The summed E-state index contributed by atoms with van der Waals surface area (Å²) in [6, 6.07) is 17.2. The zero-order valence-electron chi connectivity index (χ0n) is 15.6. The van der Waals surface area contributed by atoms with E-state index in [9.17, 15) is 4.79 Å². The summed E-state index contributed by atoms with van der Waals surface area (Å²) in [6.07, 6.45) is 5.59. The molecule has 134 valence electrons. The summed E-state index contributed by atoms with van der Waals surface area (Å²) in [6.45, 7) is 6.22. The number of fused-ring (bicyclic) bond motifs is 1. The van der Waals surface area contributed by atoms with Crippen molar-refractivity contribution in [3.63, 3.8) is 0 Å². The van der Waals surface area contributed by atoms with E-state index >= 15 is 0 Å². The van der Waals surface area contributed by atoms with Gasteiger partial charge in [-0.05, 0) is 60.7 Å². The minimum absolute atomic E-state index is 0.306. The van der Waals surface area contributed by atoms with Crippen LogP contribution < -0.4 is 0 Å². The summed E-state index contributed by atoms with van der Waals surface area (Å²) < 4.78 is 2.35. The van der Waals surface area contributed by atoms with Gasteiger partial charge in [0.05, 0.1) is 6.04 Å². The van der Waals surface area contributed by atoms with E-state index in [1.807, 2.05) is 13.0 Å². The highest BCUT2D eigenvalue weighted by atomic mass is 16.4. The molecule has 1 aromatic heterocycles. The SMILES string of the molecule is CCCC(c1ccccc1C)n1ccc2cc(C(C)=CC(=O)O)ccc21. The van der Waals surface area contributed by atoms with Gasteiger partial charge in [0.15, 0.2) is 0 Å². The van der Waals surface area contributed by atoms with Crippen LogP contribution in [0.1, 0.15) is 49.4 Å². The van der Waals surface area contributed by atoms with Crippen LogP contribution in [0, 0.1) is 6.92 Å². The molecule has 0 aliphatic rings. The first-order valence-electron chi connectivity index (χ1n) is 9.09. The van der Waals surface area contributed by atoms with Crippen molar-refractivity contribution in [1.29, 1.82) is 0 Å². The Labute approximate surface area is 154 Å². The number of carboxylic acid groups (broad SMARTS) is 1. The molecule has 0 radical (unpaired) electrons. The molecule has 0 fully saturated rings. The molecule has 0 saturated heterocycles. The zero-order chi connectivity index (χ0) is 18.7. The fourth-order valence-electron chi connectivity index (χ4n) is 3.63. The van der Waals surface area contributed by atoms with E-state index in [0.29, 0.717) is 6.04 Å². The molecule has 2 aromatic carbocycles. The third-order valence-corrected chi connectivity index (χ3v) is 4.96. The average Bonchev–Trinajstić information content (AvgIpc) is 3.03. The number of carboxylic acids is 1. The zero-order valence-corrected chi connectivity index (χ0v) is 15.6. The molecule has 1 N–H and O–H groups in total. The highest BCUT2D eigenvalue weighted by molar-refractivity contribution is 5.92. The van der Waals surface area contributed by atoms with Crippen LogP contribution in [0.5, 0.6) is 0 Å². The van der Waals surface area contributed by atoms with Gasteiger partial charge in [-0.15, -0.1) is 0 Å². The maximum absolute atomic E-state index is 10.9. The summed E-state index contributed by atoms with van der Waals surface area (Å²) in [5, 5.41) is 10.1. The molecule has 3 heteroatoms. The van der Waals surface area contributed by atoms with Crippen LogP contribution in [0.25, 0.3) is 16.5 Å². The van der Waals surface area contributed by atoms with Crippen LogP contribution in [0.15, 0.2) is 60.8 Å². The number of hydrogen-bond donors (Lipinski definition) is 1. The van der Waals surface area contributed by atoms with E-state index in [1.165, 1.54) is 22.7 Å². The lowest BCUT2D eigenvalue weighted by molar-refractivity contribution is -0.131. The van der Waals surface area contributed by atoms with Crippen LogP contribution >= 0.6 is 0 Å². The van der Waals surface area contributed by atoms with Gasteiger partial charge in [-0.25, -0.2) is 4.79 Å². The lowest BCUT2D eigenvalue weighted by atomic mass is 9.97. The van der Waals surface area contributed by atoms with Gasteiger partial charge < -0.3 is 9.67 Å². The Kier molecular flexibility index (Phi) is 5.27. The molecular formula is C23H25NO2. The highest BCUT2D eigenvalue weighted by Crippen LogP contribution is 2.31. The van der Waals surface area contributed by atoms with Gasteiger partial charge in [0.1, 0.15) is 0 Å². The van der Waals surface area contributed by atoms with Crippen molar-refractivity contribution >= 4 is 22.4 Å². The van der Waals surface area contributed by atoms with E-state index in [-0.39, 0.29) is 0 Å². The summed E-state index contributed by atoms with van der Waals surface area (Å²) in [4.78, 5) is 10.9. The molecule has 0 aliphatic heterocycles. The van der Waals surface area contributed by atoms with Crippen molar-refractivity contribution in [1.82, 2.24) is 4.57 Å². The Morgan fingerprint density at radius 2 is 1.96 bits per heavy atom. The number of aryl methyl sites for hydroxylation is 1. The second-order valence-electron chi connectivity index (χ2n) is 6.82. The first-order chi connectivity index (χ1) is 12.5. The number of benzene rings is 2. The number of aliphatic carboxylic acids is 1. The number of allylic oxidation sites excluding steroid dienone is 1. The predicted molar refractivity (Wildman–Crippen MR) is 107 cm³/mol. The quantitative estimate of drug-likeness (QED) is 0.570. The lowest BCUT2D eigenvalue weighted by Gasteiger charge is -2.22. The number of nitrogens with zero attached hydrogens (tertiary/aromatic N) is 1. The summed E-state index contributed by atoms with van der Waals surface area (Å²) in [5.74, 6) is -0.914. The fourth-order valence-corrected chi connectivity index (χ4v) is 3.63. The maximum Gasteiger partial charge on any atom is 0.328 e. The molecule has 0 aliphatic carbocycles. The van der Waals surface area contributed by atoms with Crippen molar-refractivity contribution in [3.05, 3.63) is 77.5 Å². The maximum atomic E-state index is 10.9. The number of hydrogen-bond acceptors (Lipinski definition) is 1. The molecule has 3 rings (SSSR count). The van der Waals surface area contributed by atoms with Gasteiger partial charge in [0, 0.05) is 23.2 Å². The van der Waals surface area contributed by atoms with E-state index in [1.54, 1.807) is 0 Å². The first-order valence-corrected chi connectivity index (χ1v) is 9.09. The van der Waals surface area contributed by atoms with Crippen molar-refractivity contribution < 1.29 is 9.90 Å². The van der Waals surface area contributed by atoms with Gasteiger partial charge in [0.2, 0.25) is 0 Å². The van der Waals surface area contributed by atoms with E-state index in [4.69, 9.17) is 5.11 Å². The molecule has 0 saturated carbocycles. The Morgan fingerprint density at radius 3 is 2.65 bits per heavy atom. The van der Waals surface area contributed by atoms with Crippen molar-refractivity contribution in [2.75, 3.05) is 0 Å². The fraction of sp³-hybridized carbons (Fsp3) is 0.261. The minimum atomic E-state index is -0.914. The molecule has 26 heavy (non-hydrogen) atoms. The predicted octanol–water partition coefficient (Wildman–Crippen LogP) is 5.83. The third kappa shape index (κ3) is 3.57. The van der Waals surface area contributed by atoms with Crippen LogP contribution in [0.4, 0.5) is 0 Å². The molecule has 3 nitrogen and oxygen atoms in total. The third-order valence-electron chi connectivity index (χ3n) is 4.96. The Bertz CT molecular complexity index is 965. The number of carbonyl (C=O) groups is 1. The Hall–Kier alpha value is -2.81. The lowest BCUT2D eigenvalue weighted by Crippen LogP contribution is -2.10. The van der Waals surface area contributed by atoms with Gasteiger partial charge in [-0.1, -0.05) is 43.7 Å². The van der Waals surface area contributed by atoms with Crippen LogP contribution in [-0.2, 0) is 4.79 Å². The van der Waals surface area contributed by atoms with Crippen LogP contribution in [0.3, 0.4) is 0 Å². The molecule has 0 amide bonds. The van der Waals surface area contributed by atoms with Gasteiger partial charge in [-0.3, -0.25) is 0 Å². The second-order valence-corrected chi connectivity index (χ2v) is 6.82. The van der Waals surface area contributed by atoms with Crippen molar-refractivity contribution in [2.24, 2.45) is 0 Å². The Morgan fingerprint density at radius 1 is 1.19 bits per heavy atom. The Balaban J connectivity index is 2.07. The highest BCUT2D eigenvalue weighted by Gasteiger charge is 2.16. The summed E-state index contributed by atoms with van der Waals surface area (Å²) in [7, 11) is 0. The molecular weight excluding hydrogens is 322 g/mol. The largest absolute Gasteiger partial charge is 0.478 e. The number of rotatable bonds is 6. The van der Waals surface area contributed by atoms with Crippen molar-refractivity contribution in [3.8, 4) is 0 Å². The monoisotopic (exact) mass is 347 g/mol. The molecule has 0 bridgehead atoms. The standard InChI is InChI=1S/C23H25NO2/c1-4-7-22(20-9-6-5-8-16(20)2)24-13-12-19-15-18(10-11-21(19)24)17(3)14-23(25)26/h5-6,8-15,22H,4,7H2,1-3H3,(H,25,26). The molecule has 1 heterocycles. The van der Waals surface area contributed by atoms with Crippen molar-refractivity contribution in [2.45, 2.75) is 39.7 Å². The van der Waals surface area contributed by atoms with Gasteiger partial charge in [0.25, 0.3) is 0 Å². The average molecular weight is 347 g/mol. The molecule has 3 aromatic rings. The summed E-state index contributed by atoms with van der Waals surface area (Å²) in [5.41, 5.74) is 5.55. The first kappa shape index (κ1) is 18.0. The molecule has 0 spiro atoms. The van der Waals surface area contributed by atoms with E-state index in [2.05, 4.69) is 67.1 Å². The van der Waals surface area contributed by atoms with Gasteiger partial charge >= 0.3 is 5.97 Å². The normalized spacial score (nSPS) is 13.1. The van der Waals surface area contributed by atoms with Crippen LogP contribution in [-0.4, -0.2) is 15.6 Å². The van der Waals surface area contributed by atoms with Crippen LogP contribution in [0.2, 0.25) is 0 Å². The number of aromatic nitrogens is 1. The van der Waals surface area contributed by atoms with Gasteiger partial charge in [-0.2, -0.15) is 0 Å². The summed E-state index contributed by atoms with van der Waals surface area (Å²) >= 11 is 0. The molecule has 1 atom stereocenters.